The number of benzene rings is 1. The second-order valence-corrected chi connectivity index (χ2v) is 5.54. The summed E-state index contributed by atoms with van der Waals surface area (Å²) in [6.07, 6.45) is 0. The smallest absolute Gasteiger partial charge is 0.286 e. The number of nitrogens with zero attached hydrogens (tertiary/aromatic N) is 1. The molecular weight excluding hydrogens is 263 g/mol. The maximum atomic E-state index is 13.6. The summed E-state index contributed by atoms with van der Waals surface area (Å²) in [6.45, 7) is 5.59. The molecule has 5 heteroatoms. The molecule has 0 fully saturated rings. The van der Waals surface area contributed by atoms with Crippen molar-refractivity contribution >= 4 is 22.8 Å². The van der Waals surface area contributed by atoms with Crippen molar-refractivity contribution in [2.75, 3.05) is 0 Å². The van der Waals surface area contributed by atoms with Crippen molar-refractivity contribution in [3.63, 3.8) is 0 Å². The predicted molar refractivity (Wildman–Crippen MR) is 76.4 cm³/mol. The van der Waals surface area contributed by atoms with Crippen LogP contribution in [0.3, 0.4) is 0 Å². The number of aliphatic imine (C=N–C) groups is 1. The van der Waals surface area contributed by atoms with E-state index in [0.29, 0.717) is 15.6 Å². The summed E-state index contributed by atoms with van der Waals surface area (Å²) < 4.78 is 13.6. The fourth-order valence-corrected chi connectivity index (χ4v) is 2.67. The van der Waals surface area contributed by atoms with Crippen LogP contribution in [-0.4, -0.2) is 11.1 Å². The van der Waals surface area contributed by atoms with Crippen molar-refractivity contribution in [1.82, 2.24) is 5.32 Å². The van der Waals surface area contributed by atoms with Crippen molar-refractivity contribution in [2.45, 2.75) is 26.8 Å². The van der Waals surface area contributed by atoms with Crippen LogP contribution in [0.5, 0.6) is 0 Å². The van der Waals surface area contributed by atoms with Crippen LogP contribution in [0.25, 0.3) is 0 Å². The van der Waals surface area contributed by atoms with E-state index in [1.165, 1.54) is 17.8 Å². The third-order valence-electron chi connectivity index (χ3n) is 2.76. The molecule has 0 unspecified atom stereocenters. The highest BCUT2D eigenvalue weighted by Gasteiger charge is 2.24. The van der Waals surface area contributed by atoms with E-state index >= 15 is 0 Å². The lowest BCUT2D eigenvalue weighted by atomic mass is 10.1. The van der Waals surface area contributed by atoms with Gasteiger partial charge in [-0.2, -0.15) is 4.99 Å². The zero-order chi connectivity index (χ0) is 14.0. The van der Waals surface area contributed by atoms with Crippen LogP contribution >= 0.6 is 11.8 Å². The van der Waals surface area contributed by atoms with Crippen molar-refractivity contribution in [2.24, 2.45) is 4.99 Å². The molecule has 1 amide bonds. The SMILES string of the molecule is CC(C)=C1SC(N[C@H](C)c2ccccc2F)=NC1=O. The number of amidine groups is 1. The molecule has 0 saturated heterocycles. The molecule has 1 atom stereocenters. The van der Waals surface area contributed by atoms with E-state index in [1.54, 1.807) is 18.2 Å². The summed E-state index contributed by atoms with van der Waals surface area (Å²) in [6, 6.07) is 6.34. The van der Waals surface area contributed by atoms with Gasteiger partial charge in [-0.25, -0.2) is 4.39 Å². The fourth-order valence-electron chi connectivity index (χ4n) is 1.77. The summed E-state index contributed by atoms with van der Waals surface area (Å²) in [5, 5.41) is 3.59. The van der Waals surface area contributed by atoms with Crippen LogP contribution in [0.15, 0.2) is 39.7 Å². The molecule has 100 valence electrons. The molecule has 0 aliphatic carbocycles. The van der Waals surface area contributed by atoms with Gasteiger partial charge in [0.25, 0.3) is 5.91 Å². The molecule has 3 nitrogen and oxygen atoms in total. The lowest BCUT2D eigenvalue weighted by Crippen LogP contribution is -2.23. The summed E-state index contributed by atoms with van der Waals surface area (Å²) in [4.78, 5) is 16.2. The Balaban J connectivity index is 2.12. The van der Waals surface area contributed by atoms with E-state index in [2.05, 4.69) is 10.3 Å². The third kappa shape index (κ3) is 3.04. The van der Waals surface area contributed by atoms with Gasteiger partial charge in [0.2, 0.25) is 0 Å². The second-order valence-electron chi connectivity index (χ2n) is 4.54. The molecule has 0 saturated carbocycles. The normalized spacial score (nSPS) is 16.3. The van der Waals surface area contributed by atoms with Crippen LogP contribution in [0.4, 0.5) is 4.39 Å². The van der Waals surface area contributed by atoms with E-state index in [4.69, 9.17) is 0 Å². The Morgan fingerprint density at radius 3 is 2.63 bits per heavy atom. The Kier molecular flexibility index (Phi) is 4.04. The van der Waals surface area contributed by atoms with Crippen LogP contribution in [0.2, 0.25) is 0 Å². The summed E-state index contributed by atoms with van der Waals surface area (Å²) >= 11 is 1.30. The van der Waals surface area contributed by atoms with Gasteiger partial charge in [-0.1, -0.05) is 23.8 Å². The number of carbonyl (C=O) groups is 1. The Bertz CT molecular complexity index is 577. The number of halogens is 1. The lowest BCUT2D eigenvalue weighted by molar-refractivity contribution is -0.113. The van der Waals surface area contributed by atoms with Gasteiger partial charge in [0.15, 0.2) is 5.17 Å². The predicted octanol–water partition coefficient (Wildman–Crippen LogP) is 3.40. The Morgan fingerprint density at radius 2 is 2.05 bits per heavy atom. The fraction of sp³-hybridized carbons (Fsp3) is 0.286. The highest BCUT2D eigenvalue weighted by Crippen LogP contribution is 2.29. The molecule has 0 radical (unpaired) electrons. The van der Waals surface area contributed by atoms with Gasteiger partial charge in [-0.15, -0.1) is 0 Å². The Labute approximate surface area is 116 Å². The highest BCUT2D eigenvalue weighted by atomic mass is 32.2. The van der Waals surface area contributed by atoms with Gasteiger partial charge in [0.1, 0.15) is 5.82 Å². The summed E-state index contributed by atoms with van der Waals surface area (Å²) in [5.74, 6) is -0.493. The van der Waals surface area contributed by atoms with Crippen LogP contribution in [0, 0.1) is 5.82 Å². The molecule has 0 bridgehead atoms. The molecule has 19 heavy (non-hydrogen) atoms. The van der Waals surface area contributed by atoms with Gasteiger partial charge in [-0.05, 0) is 38.6 Å². The van der Waals surface area contributed by atoms with Crippen LogP contribution in [0.1, 0.15) is 32.4 Å². The van der Waals surface area contributed by atoms with Crippen molar-refractivity contribution < 1.29 is 9.18 Å². The van der Waals surface area contributed by atoms with Gasteiger partial charge in [0, 0.05) is 5.56 Å². The first-order valence-corrected chi connectivity index (χ1v) is 6.80. The number of thioether (sulfide) groups is 1. The maximum absolute atomic E-state index is 13.6. The van der Waals surface area contributed by atoms with Crippen molar-refractivity contribution in [3.8, 4) is 0 Å². The molecule has 1 aliphatic rings. The Hall–Kier alpha value is -1.62. The molecule has 0 spiro atoms. The van der Waals surface area contributed by atoms with E-state index < -0.39 is 0 Å². The number of nitrogens with one attached hydrogen (secondary N) is 1. The lowest BCUT2D eigenvalue weighted by Gasteiger charge is -2.15. The molecule has 1 aromatic rings. The van der Waals surface area contributed by atoms with Gasteiger partial charge < -0.3 is 5.32 Å². The standard InChI is InChI=1S/C14H15FN2OS/c1-8(2)12-13(18)17-14(19-12)16-9(3)10-6-4-5-7-11(10)15/h4-7,9H,1-3H3,(H,16,17,18)/t9-/m1/s1. The zero-order valence-corrected chi connectivity index (χ0v) is 11.8. The van der Waals surface area contributed by atoms with Gasteiger partial charge in [0.05, 0.1) is 10.9 Å². The number of hydrogen-bond acceptors (Lipinski definition) is 3. The average Bonchev–Trinajstić information content (AvgIpc) is 2.70. The van der Waals surface area contributed by atoms with Crippen LogP contribution in [-0.2, 0) is 4.79 Å². The number of amides is 1. The highest BCUT2D eigenvalue weighted by molar-refractivity contribution is 8.18. The summed E-state index contributed by atoms with van der Waals surface area (Å²) in [7, 11) is 0. The minimum Gasteiger partial charge on any atom is -0.358 e. The van der Waals surface area contributed by atoms with E-state index in [0.717, 1.165) is 5.57 Å². The van der Waals surface area contributed by atoms with Gasteiger partial charge >= 0.3 is 0 Å². The van der Waals surface area contributed by atoms with Gasteiger partial charge in [-0.3, -0.25) is 4.79 Å². The molecule has 0 aromatic heterocycles. The minimum atomic E-state index is -0.264. The average molecular weight is 278 g/mol. The molecular formula is C14H15FN2OS. The first kappa shape index (κ1) is 13.8. The van der Waals surface area contributed by atoms with Crippen LogP contribution < -0.4 is 5.32 Å². The molecule has 1 N–H and O–H groups in total. The van der Waals surface area contributed by atoms with E-state index in [-0.39, 0.29) is 17.8 Å². The first-order chi connectivity index (χ1) is 8.99. The first-order valence-electron chi connectivity index (χ1n) is 5.98. The molecule has 2 rings (SSSR count). The van der Waals surface area contributed by atoms with Crippen molar-refractivity contribution in [3.05, 3.63) is 46.1 Å². The number of carbonyl (C=O) groups excluding carboxylic acids is 1. The number of rotatable bonds is 2. The topological polar surface area (TPSA) is 41.5 Å². The molecule has 1 aromatic carbocycles. The maximum Gasteiger partial charge on any atom is 0.286 e. The monoisotopic (exact) mass is 278 g/mol. The molecule has 1 aliphatic heterocycles. The minimum absolute atomic E-state index is 0.228. The van der Waals surface area contributed by atoms with E-state index in [1.807, 2.05) is 20.8 Å². The Morgan fingerprint density at radius 1 is 1.37 bits per heavy atom. The van der Waals surface area contributed by atoms with E-state index in [9.17, 15) is 9.18 Å². The number of hydrogen-bond donors (Lipinski definition) is 1. The second kappa shape index (κ2) is 5.57. The summed E-state index contributed by atoms with van der Waals surface area (Å²) in [5.41, 5.74) is 1.50. The third-order valence-corrected chi connectivity index (χ3v) is 3.95. The zero-order valence-electron chi connectivity index (χ0n) is 11.0. The number of allylic oxidation sites excluding steroid dienone is 1. The molecule has 1 heterocycles. The largest absolute Gasteiger partial charge is 0.358 e. The van der Waals surface area contributed by atoms with Crippen molar-refractivity contribution in [1.29, 1.82) is 0 Å². The quantitative estimate of drug-likeness (QED) is 0.843.